The van der Waals surface area contributed by atoms with Gasteiger partial charge in [-0.05, 0) is 60.9 Å². The number of amides is 1. The summed E-state index contributed by atoms with van der Waals surface area (Å²) < 4.78 is 1.17. The first kappa shape index (κ1) is 18.1. The lowest BCUT2D eigenvalue weighted by molar-refractivity contribution is 0.0923. The molecule has 0 radical (unpaired) electrons. The lowest BCUT2D eigenvalue weighted by Crippen LogP contribution is -2.36. The van der Waals surface area contributed by atoms with E-state index < -0.39 is 0 Å². The van der Waals surface area contributed by atoms with Crippen molar-refractivity contribution in [2.75, 3.05) is 0 Å². The molecule has 1 aliphatic carbocycles. The van der Waals surface area contributed by atoms with Crippen LogP contribution in [0, 0.1) is 13.8 Å². The molecule has 3 aromatic heterocycles. The van der Waals surface area contributed by atoms with Crippen molar-refractivity contribution in [2.24, 2.45) is 0 Å². The van der Waals surface area contributed by atoms with Crippen molar-refractivity contribution in [3.05, 3.63) is 57.9 Å². The maximum Gasteiger partial charge on any atom is 0.270 e. The lowest BCUT2D eigenvalue weighted by Gasteiger charge is -2.22. The number of aromatic nitrogens is 2. The number of thiophene rings is 1. The molecule has 140 valence electrons. The van der Waals surface area contributed by atoms with Gasteiger partial charge >= 0.3 is 0 Å². The van der Waals surface area contributed by atoms with Crippen LogP contribution in [0.4, 0.5) is 0 Å². The van der Waals surface area contributed by atoms with E-state index in [0.29, 0.717) is 5.69 Å². The summed E-state index contributed by atoms with van der Waals surface area (Å²) in [6, 6.07) is 6.40. The fourth-order valence-electron chi connectivity index (χ4n) is 3.76. The van der Waals surface area contributed by atoms with Gasteiger partial charge in [-0.2, -0.15) is 0 Å². The van der Waals surface area contributed by atoms with Crippen molar-refractivity contribution < 1.29 is 4.79 Å². The molecule has 0 spiro atoms. The molecule has 5 heteroatoms. The normalized spacial score (nSPS) is 15.2. The van der Waals surface area contributed by atoms with Crippen molar-refractivity contribution in [2.45, 2.75) is 58.4 Å². The van der Waals surface area contributed by atoms with Crippen molar-refractivity contribution in [1.82, 2.24) is 15.3 Å². The predicted molar refractivity (Wildman–Crippen MR) is 110 cm³/mol. The molecule has 0 aromatic carbocycles. The minimum Gasteiger partial charge on any atom is -0.348 e. The van der Waals surface area contributed by atoms with Crippen molar-refractivity contribution >= 4 is 27.5 Å². The first-order chi connectivity index (χ1) is 13.1. The van der Waals surface area contributed by atoms with Crippen LogP contribution in [0.25, 0.3) is 10.2 Å². The number of carbonyl (C=O) groups excluding carboxylic acids is 1. The molecule has 0 saturated heterocycles. The molecule has 1 saturated carbocycles. The first-order valence-corrected chi connectivity index (χ1v) is 10.6. The van der Waals surface area contributed by atoms with Crippen LogP contribution in [0.2, 0.25) is 0 Å². The summed E-state index contributed by atoms with van der Waals surface area (Å²) in [6.07, 6.45) is 8.51. The number of nitrogens with zero attached hydrogens (tertiary/aromatic N) is 2. The van der Waals surface area contributed by atoms with Gasteiger partial charge in [0.1, 0.15) is 5.69 Å². The van der Waals surface area contributed by atoms with Gasteiger partial charge < -0.3 is 5.32 Å². The average Bonchev–Trinajstić information content (AvgIpc) is 3.06. The number of fused-ring (bicyclic) bond motifs is 1. The molecule has 1 aliphatic rings. The summed E-state index contributed by atoms with van der Waals surface area (Å²) in [5, 5.41) is 5.32. The maximum atomic E-state index is 12.9. The summed E-state index contributed by atoms with van der Waals surface area (Å²) in [5.41, 5.74) is 5.93. The Kier molecular flexibility index (Phi) is 5.21. The second kappa shape index (κ2) is 7.77. The molecule has 1 amide bonds. The molecule has 4 nitrogen and oxygen atoms in total. The Labute approximate surface area is 164 Å². The monoisotopic (exact) mass is 379 g/mol. The highest BCUT2D eigenvalue weighted by molar-refractivity contribution is 7.17. The van der Waals surface area contributed by atoms with Gasteiger partial charge in [0, 0.05) is 24.4 Å². The summed E-state index contributed by atoms with van der Waals surface area (Å²) in [6.45, 7) is 4.05. The second-order valence-electron chi connectivity index (χ2n) is 7.56. The van der Waals surface area contributed by atoms with Gasteiger partial charge in [-0.1, -0.05) is 25.3 Å². The summed E-state index contributed by atoms with van der Waals surface area (Å²) in [4.78, 5) is 22.0. The van der Waals surface area contributed by atoms with Gasteiger partial charge in [0.15, 0.2) is 0 Å². The largest absolute Gasteiger partial charge is 0.348 e. The van der Waals surface area contributed by atoms with E-state index in [9.17, 15) is 4.79 Å². The zero-order valence-electron chi connectivity index (χ0n) is 15.9. The summed E-state index contributed by atoms with van der Waals surface area (Å²) in [7, 11) is 0. The van der Waals surface area contributed by atoms with Crippen molar-refractivity contribution in [3.63, 3.8) is 0 Å². The van der Waals surface area contributed by atoms with Gasteiger partial charge in [0.25, 0.3) is 5.91 Å². The molecule has 0 atom stereocenters. The van der Waals surface area contributed by atoms with Gasteiger partial charge in [-0.25, -0.2) is 4.98 Å². The van der Waals surface area contributed by atoms with Crippen LogP contribution in [0.1, 0.15) is 65.0 Å². The minimum atomic E-state index is -0.0438. The zero-order chi connectivity index (χ0) is 18.8. The Morgan fingerprint density at radius 3 is 2.78 bits per heavy atom. The summed E-state index contributed by atoms with van der Waals surface area (Å²) >= 11 is 1.70. The minimum absolute atomic E-state index is 0.0438. The number of rotatable bonds is 4. The number of nitrogens with one attached hydrogen (secondary N) is 1. The second-order valence-corrected chi connectivity index (χ2v) is 8.44. The van der Waals surface area contributed by atoms with E-state index in [1.54, 1.807) is 11.3 Å². The molecular formula is C22H25N3OS. The Morgan fingerprint density at radius 1 is 1.22 bits per heavy atom. The third-order valence-corrected chi connectivity index (χ3v) is 6.48. The lowest BCUT2D eigenvalue weighted by atomic mass is 9.95. The Hall–Kier alpha value is -2.27. The Bertz CT molecular complexity index is 956. The van der Waals surface area contributed by atoms with Gasteiger partial charge in [0.05, 0.1) is 10.2 Å². The van der Waals surface area contributed by atoms with E-state index in [4.69, 9.17) is 4.98 Å². The molecule has 1 N–H and O–H groups in total. The zero-order valence-corrected chi connectivity index (χ0v) is 16.7. The molecular weight excluding hydrogens is 354 g/mol. The molecule has 27 heavy (non-hydrogen) atoms. The first-order valence-electron chi connectivity index (χ1n) is 9.70. The van der Waals surface area contributed by atoms with Crippen LogP contribution in [0.15, 0.2) is 29.8 Å². The molecule has 1 fully saturated rings. The maximum absolute atomic E-state index is 12.9. The highest BCUT2D eigenvalue weighted by Crippen LogP contribution is 2.29. The van der Waals surface area contributed by atoms with Gasteiger partial charge in [-0.3, -0.25) is 9.78 Å². The Balaban J connectivity index is 1.65. The molecule has 0 bridgehead atoms. The quantitative estimate of drug-likeness (QED) is 0.697. The number of aryl methyl sites for hydroxylation is 2. The third kappa shape index (κ3) is 4.03. The van der Waals surface area contributed by atoms with Crippen LogP contribution in [-0.4, -0.2) is 21.9 Å². The highest BCUT2D eigenvalue weighted by Gasteiger charge is 2.19. The number of carbonyl (C=O) groups is 1. The van der Waals surface area contributed by atoms with E-state index in [1.165, 1.54) is 24.0 Å². The molecule has 0 aliphatic heterocycles. The topological polar surface area (TPSA) is 54.9 Å². The van der Waals surface area contributed by atoms with Crippen molar-refractivity contribution in [3.8, 4) is 0 Å². The number of hydrogen-bond acceptors (Lipinski definition) is 4. The van der Waals surface area contributed by atoms with E-state index in [1.807, 2.05) is 25.3 Å². The van der Waals surface area contributed by atoms with E-state index in [2.05, 4.69) is 28.7 Å². The number of hydrogen-bond donors (Lipinski definition) is 1. The van der Waals surface area contributed by atoms with Crippen LogP contribution < -0.4 is 5.32 Å². The van der Waals surface area contributed by atoms with Crippen molar-refractivity contribution in [1.29, 1.82) is 0 Å². The smallest absolute Gasteiger partial charge is 0.270 e. The molecule has 0 unspecified atom stereocenters. The highest BCUT2D eigenvalue weighted by atomic mass is 32.1. The standard InChI is InChI=1S/C22H25N3OS/c1-14-13-27-21-17(10-16-9-8-15(2)23-12-16)11-19(25-20(14)21)22(26)24-18-6-4-3-5-7-18/h8-9,11-13,18H,3-7,10H2,1-2H3,(H,24,26). The average molecular weight is 380 g/mol. The van der Waals surface area contributed by atoms with Gasteiger partial charge in [-0.15, -0.1) is 11.3 Å². The molecule has 3 aromatic rings. The fraction of sp³-hybridized carbons (Fsp3) is 0.409. The van der Waals surface area contributed by atoms with Crippen LogP contribution >= 0.6 is 11.3 Å². The van der Waals surface area contributed by atoms with Crippen LogP contribution in [0.5, 0.6) is 0 Å². The van der Waals surface area contributed by atoms with Gasteiger partial charge in [0.2, 0.25) is 0 Å². The van der Waals surface area contributed by atoms with Crippen LogP contribution in [0.3, 0.4) is 0 Å². The molecule has 3 heterocycles. The van der Waals surface area contributed by atoms with E-state index in [0.717, 1.165) is 47.2 Å². The molecule has 4 rings (SSSR count). The SMILES string of the molecule is Cc1ccc(Cc2cc(C(=O)NC3CCCCC3)nc3c(C)csc23)cn1. The van der Waals surface area contributed by atoms with E-state index >= 15 is 0 Å². The fourth-order valence-corrected chi connectivity index (χ4v) is 4.77. The third-order valence-electron chi connectivity index (χ3n) is 5.32. The van der Waals surface area contributed by atoms with E-state index in [-0.39, 0.29) is 11.9 Å². The van der Waals surface area contributed by atoms with Crippen LogP contribution in [-0.2, 0) is 6.42 Å². The predicted octanol–water partition coefficient (Wildman–Crippen LogP) is 4.96. The Morgan fingerprint density at radius 2 is 2.04 bits per heavy atom. The summed E-state index contributed by atoms with van der Waals surface area (Å²) in [5.74, 6) is -0.0438. The number of pyridine rings is 2.